The molecule has 4 aromatic rings. The van der Waals surface area contributed by atoms with Gasteiger partial charge in [-0.3, -0.25) is 13.9 Å². The number of hydrogen-bond acceptors (Lipinski definition) is 6. The van der Waals surface area contributed by atoms with Crippen LogP contribution >= 0.6 is 0 Å². The largest absolute Gasteiger partial charge is 0.484 e. The minimum absolute atomic E-state index is 0.0846. The normalized spacial score (nSPS) is 12.0. The maximum Gasteiger partial charge on any atom is 0.264 e. The molecule has 0 aromatic heterocycles. The highest BCUT2D eigenvalue weighted by atomic mass is 32.2. The number of amides is 2. The molecule has 9 nitrogen and oxygen atoms in total. The number of hydrogen-bond donors (Lipinski definition) is 2. The molecule has 0 aliphatic carbocycles. The van der Waals surface area contributed by atoms with Crippen LogP contribution < -0.4 is 19.8 Å². The summed E-state index contributed by atoms with van der Waals surface area (Å²) in [6.07, 6.45) is 1.43. The van der Waals surface area contributed by atoms with Crippen LogP contribution in [0.3, 0.4) is 0 Å². The number of aryl methyl sites for hydroxylation is 2. The predicted molar refractivity (Wildman–Crippen MR) is 168 cm³/mol. The van der Waals surface area contributed by atoms with Gasteiger partial charge in [0.1, 0.15) is 12.3 Å². The third-order valence-electron chi connectivity index (χ3n) is 6.52. The lowest BCUT2D eigenvalue weighted by atomic mass is 10.1. The van der Waals surface area contributed by atoms with Crippen molar-refractivity contribution in [2.75, 3.05) is 17.5 Å². The molecule has 43 heavy (non-hydrogen) atoms. The molecule has 0 heterocycles. The lowest BCUT2D eigenvalue weighted by Crippen LogP contribution is -2.39. The van der Waals surface area contributed by atoms with Crippen LogP contribution in [0.1, 0.15) is 35.2 Å². The van der Waals surface area contributed by atoms with Crippen LogP contribution in [0.15, 0.2) is 113 Å². The van der Waals surface area contributed by atoms with Crippen molar-refractivity contribution in [1.82, 2.24) is 10.7 Å². The SMILES string of the molecule is Cc1ccc(S(=O)(=O)N(CC(=O)N/N=C\c2ccc(OCC(=O)N[C@@H](C)c3ccccc3)cc2)c2cccc(C)c2)cc1. The maximum atomic E-state index is 13.5. The molecule has 2 amide bonds. The van der Waals surface area contributed by atoms with Gasteiger partial charge in [-0.15, -0.1) is 0 Å². The van der Waals surface area contributed by atoms with Crippen LogP contribution in [0.4, 0.5) is 5.69 Å². The van der Waals surface area contributed by atoms with Crippen molar-refractivity contribution in [3.8, 4) is 5.75 Å². The molecule has 10 heteroatoms. The Hall–Kier alpha value is -4.96. The minimum atomic E-state index is -4.02. The Balaban J connectivity index is 1.33. The molecule has 0 fully saturated rings. The lowest BCUT2D eigenvalue weighted by Gasteiger charge is -2.24. The first-order valence-electron chi connectivity index (χ1n) is 13.7. The fourth-order valence-corrected chi connectivity index (χ4v) is 5.60. The lowest BCUT2D eigenvalue weighted by molar-refractivity contribution is -0.123. The van der Waals surface area contributed by atoms with Crippen molar-refractivity contribution in [1.29, 1.82) is 0 Å². The molecule has 0 aliphatic rings. The summed E-state index contributed by atoms with van der Waals surface area (Å²) in [5.74, 6) is -0.350. The highest BCUT2D eigenvalue weighted by Gasteiger charge is 2.27. The Morgan fingerprint density at radius 1 is 0.860 bits per heavy atom. The van der Waals surface area contributed by atoms with Crippen molar-refractivity contribution >= 4 is 33.7 Å². The highest BCUT2D eigenvalue weighted by molar-refractivity contribution is 7.92. The second-order valence-corrected chi connectivity index (χ2v) is 11.9. The molecule has 222 valence electrons. The summed E-state index contributed by atoms with van der Waals surface area (Å²) in [5.41, 5.74) is 6.22. The highest BCUT2D eigenvalue weighted by Crippen LogP contribution is 2.24. The Morgan fingerprint density at radius 2 is 1.56 bits per heavy atom. The summed E-state index contributed by atoms with van der Waals surface area (Å²) in [7, 11) is -4.02. The van der Waals surface area contributed by atoms with Gasteiger partial charge in [0, 0.05) is 0 Å². The number of carbonyl (C=O) groups is 2. The molecule has 0 saturated carbocycles. The second kappa shape index (κ2) is 14.3. The summed E-state index contributed by atoms with van der Waals surface area (Å²) in [4.78, 5) is 25.2. The molecule has 4 rings (SSSR count). The van der Waals surface area contributed by atoms with Crippen LogP contribution in [-0.4, -0.2) is 39.6 Å². The number of rotatable bonds is 12. The van der Waals surface area contributed by atoms with Crippen molar-refractivity contribution < 1.29 is 22.7 Å². The number of anilines is 1. The van der Waals surface area contributed by atoms with Gasteiger partial charge >= 0.3 is 0 Å². The Morgan fingerprint density at radius 3 is 2.23 bits per heavy atom. The molecule has 0 saturated heterocycles. The van der Waals surface area contributed by atoms with Gasteiger partial charge in [0.05, 0.1) is 22.8 Å². The maximum absolute atomic E-state index is 13.5. The first-order valence-corrected chi connectivity index (χ1v) is 15.1. The van der Waals surface area contributed by atoms with E-state index >= 15 is 0 Å². The van der Waals surface area contributed by atoms with E-state index in [1.165, 1.54) is 18.3 Å². The van der Waals surface area contributed by atoms with Crippen molar-refractivity contribution in [2.24, 2.45) is 5.10 Å². The van der Waals surface area contributed by atoms with Gasteiger partial charge in [0.25, 0.3) is 21.8 Å². The van der Waals surface area contributed by atoms with E-state index in [0.717, 1.165) is 21.0 Å². The van der Waals surface area contributed by atoms with Gasteiger partial charge in [-0.2, -0.15) is 5.10 Å². The number of hydrazone groups is 1. The van der Waals surface area contributed by atoms with Gasteiger partial charge in [-0.25, -0.2) is 13.8 Å². The van der Waals surface area contributed by atoms with E-state index in [1.807, 2.05) is 57.2 Å². The predicted octanol–water partition coefficient (Wildman–Crippen LogP) is 4.91. The van der Waals surface area contributed by atoms with E-state index in [9.17, 15) is 18.0 Å². The van der Waals surface area contributed by atoms with E-state index in [0.29, 0.717) is 17.0 Å². The molecular formula is C33H34N4O5S. The number of sulfonamides is 1. The van der Waals surface area contributed by atoms with E-state index in [-0.39, 0.29) is 23.5 Å². The summed E-state index contributed by atoms with van der Waals surface area (Å²) in [5, 5.41) is 6.88. The summed E-state index contributed by atoms with van der Waals surface area (Å²) >= 11 is 0. The molecule has 0 unspecified atom stereocenters. The van der Waals surface area contributed by atoms with Crippen LogP contribution in [0.2, 0.25) is 0 Å². The van der Waals surface area contributed by atoms with Gasteiger partial charge in [-0.1, -0.05) is 60.2 Å². The first kappa shape index (κ1) is 31.0. The Bertz CT molecular complexity index is 1670. The van der Waals surface area contributed by atoms with E-state index in [1.54, 1.807) is 54.6 Å². The standard InChI is InChI=1S/C33H34N4O5S/c1-24-12-18-31(19-13-24)43(40,41)37(29-11-7-8-25(2)20-29)22-32(38)36-34-21-27-14-16-30(17-15-27)42-23-33(39)35-26(3)28-9-5-4-6-10-28/h4-21,26H,22-23H2,1-3H3,(H,35,39)(H,36,38)/b34-21-/t26-/m0/s1. The van der Waals surface area contributed by atoms with Gasteiger partial charge in [-0.05, 0) is 86.0 Å². The molecule has 2 N–H and O–H groups in total. The zero-order valence-electron chi connectivity index (χ0n) is 24.2. The quantitative estimate of drug-likeness (QED) is 0.178. The average molecular weight is 599 g/mol. The molecule has 0 bridgehead atoms. The summed E-state index contributed by atoms with van der Waals surface area (Å²) in [6.45, 7) is 5.03. The molecule has 4 aromatic carbocycles. The third kappa shape index (κ3) is 8.76. The van der Waals surface area contributed by atoms with Gasteiger partial charge in [0.2, 0.25) is 0 Å². The zero-order chi connectivity index (χ0) is 30.8. The fourth-order valence-electron chi connectivity index (χ4n) is 4.19. The van der Waals surface area contributed by atoms with Crippen LogP contribution in [0.25, 0.3) is 0 Å². The van der Waals surface area contributed by atoms with Crippen molar-refractivity contribution in [3.63, 3.8) is 0 Å². The monoisotopic (exact) mass is 598 g/mol. The second-order valence-electron chi connectivity index (χ2n) is 10.0. The molecule has 0 spiro atoms. The minimum Gasteiger partial charge on any atom is -0.484 e. The van der Waals surface area contributed by atoms with Crippen LogP contribution in [-0.2, 0) is 19.6 Å². The zero-order valence-corrected chi connectivity index (χ0v) is 25.0. The number of nitrogens with zero attached hydrogens (tertiary/aromatic N) is 2. The smallest absolute Gasteiger partial charge is 0.264 e. The van der Waals surface area contributed by atoms with Gasteiger partial charge < -0.3 is 10.1 Å². The van der Waals surface area contributed by atoms with E-state index in [2.05, 4.69) is 15.8 Å². The molecule has 1 atom stereocenters. The van der Waals surface area contributed by atoms with Crippen LogP contribution in [0.5, 0.6) is 5.75 Å². The Kier molecular flexibility index (Phi) is 10.3. The van der Waals surface area contributed by atoms with Crippen molar-refractivity contribution in [2.45, 2.75) is 31.7 Å². The van der Waals surface area contributed by atoms with Gasteiger partial charge in [0.15, 0.2) is 6.61 Å². The fraction of sp³-hybridized carbons (Fsp3) is 0.182. The van der Waals surface area contributed by atoms with Crippen LogP contribution in [0, 0.1) is 13.8 Å². The topological polar surface area (TPSA) is 117 Å². The first-order chi connectivity index (χ1) is 20.6. The van der Waals surface area contributed by atoms with E-state index in [4.69, 9.17) is 4.74 Å². The van der Waals surface area contributed by atoms with Crippen molar-refractivity contribution in [3.05, 3.63) is 125 Å². The molecule has 0 radical (unpaired) electrons. The average Bonchev–Trinajstić information content (AvgIpc) is 3.00. The molecular weight excluding hydrogens is 564 g/mol. The third-order valence-corrected chi connectivity index (χ3v) is 8.30. The summed E-state index contributed by atoms with van der Waals surface area (Å²) in [6, 6.07) is 29.7. The number of carbonyl (C=O) groups excluding carboxylic acids is 2. The molecule has 0 aliphatic heterocycles. The number of ether oxygens (including phenoxy) is 1. The number of nitrogens with one attached hydrogen (secondary N) is 2. The Labute approximate surface area is 252 Å². The summed E-state index contributed by atoms with van der Waals surface area (Å²) < 4.78 is 33.7. The number of benzene rings is 4. The van der Waals surface area contributed by atoms with E-state index < -0.39 is 22.5 Å².